The van der Waals surface area contributed by atoms with Crippen LogP contribution < -0.4 is 15.5 Å². The van der Waals surface area contributed by atoms with Crippen LogP contribution in [0.1, 0.15) is 32.1 Å². The number of hydrogen-bond acceptors (Lipinski definition) is 3. The summed E-state index contributed by atoms with van der Waals surface area (Å²) < 4.78 is 5.25. The Balaban J connectivity index is 1.90. The first kappa shape index (κ1) is 13.8. The number of para-hydroxylation sites is 2. The van der Waals surface area contributed by atoms with Gasteiger partial charge in [-0.05, 0) is 50.0 Å². The van der Waals surface area contributed by atoms with Crippen LogP contribution in [0.15, 0.2) is 29.4 Å². The molecule has 0 radical (unpaired) electrons. The Labute approximate surface area is 119 Å². The monoisotopic (exact) mass is 277 g/mol. The van der Waals surface area contributed by atoms with E-state index in [1.54, 1.807) is 7.11 Å². The normalized spacial score (nSPS) is 14.7. The minimum absolute atomic E-state index is 0.488. The summed E-state index contributed by atoms with van der Waals surface area (Å²) in [4.78, 5) is 0. The summed E-state index contributed by atoms with van der Waals surface area (Å²) in [6.45, 7) is 0. The molecule has 2 rings (SSSR count). The van der Waals surface area contributed by atoms with Gasteiger partial charge in [-0.1, -0.05) is 18.6 Å². The number of methoxy groups -OCH3 is 1. The van der Waals surface area contributed by atoms with Crippen LogP contribution in [-0.4, -0.2) is 17.9 Å². The van der Waals surface area contributed by atoms with Crippen molar-refractivity contribution >= 4 is 28.7 Å². The van der Waals surface area contributed by atoms with Crippen molar-refractivity contribution in [2.45, 2.75) is 32.1 Å². The summed E-state index contributed by atoms with van der Waals surface area (Å²) in [6, 6.07) is 7.65. The number of nitrogens with one attached hydrogen (secondary N) is 2. The van der Waals surface area contributed by atoms with E-state index in [-0.39, 0.29) is 0 Å². The van der Waals surface area contributed by atoms with Crippen LogP contribution in [0.25, 0.3) is 0 Å². The van der Waals surface area contributed by atoms with Crippen molar-refractivity contribution in [3.8, 4) is 5.75 Å². The number of hydrogen-bond donors (Lipinski definition) is 2. The zero-order valence-electron chi connectivity index (χ0n) is 11.1. The number of thiocarbonyl (C=S) groups is 1. The van der Waals surface area contributed by atoms with E-state index in [1.165, 1.54) is 25.0 Å². The molecular weight excluding hydrogens is 258 g/mol. The Morgan fingerprint density at radius 2 is 1.95 bits per heavy atom. The fraction of sp³-hybridized carbons (Fsp3) is 0.429. The van der Waals surface area contributed by atoms with E-state index >= 15 is 0 Å². The molecule has 0 atom stereocenters. The van der Waals surface area contributed by atoms with E-state index < -0.39 is 0 Å². The predicted molar refractivity (Wildman–Crippen MR) is 82.9 cm³/mol. The van der Waals surface area contributed by atoms with Crippen molar-refractivity contribution in [3.63, 3.8) is 0 Å². The van der Waals surface area contributed by atoms with Crippen molar-refractivity contribution in [1.82, 2.24) is 5.43 Å². The predicted octanol–water partition coefficient (Wildman–Crippen LogP) is 3.30. The number of anilines is 1. The van der Waals surface area contributed by atoms with Gasteiger partial charge in [0.25, 0.3) is 0 Å². The Morgan fingerprint density at radius 3 is 2.68 bits per heavy atom. The van der Waals surface area contributed by atoms with E-state index in [0.29, 0.717) is 5.11 Å². The molecule has 1 saturated carbocycles. The van der Waals surface area contributed by atoms with Crippen LogP contribution in [0.5, 0.6) is 5.75 Å². The maximum atomic E-state index is 5.25. The second-order valence-corrected chi connectivity index (χ2v) is 4.91. The zero-order valence-corrected chi connectivity index (χ0v) is 11.9. The maximum absolute atomic E-state index is 5.25. The third kappa shape index (κ3) is 4.21. The molecule has 1 aliphatic carbocycles. The number of hydrazone groups is 1. The second-order valence-electron chi connectivity index (χ2n) is 4.50. The van der Waals surface area contributed by atoms with Gasteiger partial charge in [0.15, 0.2) is 5.11 Å². The number of ether oxygens (including phenoxy) is 1. The number of benzene rings is 1. The van der Waals surface area contributed by atoms with Gasteiger partial charge in [-0.25, -0.2) is 0 Å². The van der Waals surface area contributed by atoms with Gasteiger partial charge in [0.1, 0.15) is 5.75 Å². The molecule has 1 aromatic rings. The summed E-state index contributed by atoms with van der Waals surface area (Å²) in [6.07, 6.45) is 5.91. The zero-order chi connectivity index (χ0) is 13.5. The Morgan fingerprint density at radius 1 is 1.21 bits per heavy atom. The van der Waals surface area contributed by atoms with E-state index in [0.717, 1.165) is 24.3 Å². The van der Waals surface area contributed by atoms with E-state index in [2.05, 4.69) is 15.8 Å². The van der Waals surface area contributed by atoms with Gasteiger partial charge in [0.2, 0.25) is 0 Å². The summed E-state index contributed by atoms with van der Waals surface area (Å²) >= 11 is 5.23. The smallest absolute Gasteiger partial charge is 0.191 e. The lowest BCUT2D eigenvalue weighted by Gasteiger charge is -2.14. The largest absolute Gasteiger partial charge is 0.495 e. The van der Waals surface area contributed by atoms with Gasteiger partial charge in [-0.15, -0.1) is 0 Å². The first-order valence-electron chi connectivity index (χ1n) is 6.55. The van der Waals surface area contributed by atoms with E-state index in [1.807, 2.05) is 24.3 Å². The van der Waals surface area contributed by atoms with Gasteiger partial charge >= 0.3 is 0 Å². The van der Waals surface area contributed by atoms with Gasteiger partial charge in [-0.3, -0.25) is 5.43 Å². The number of nitrogens with zero attached hydrogens (tertiary/aromatic N) is 1. The Hall–Kier alpha value is -1.62. The lowest BCUT2D eigenvalue weighted by molar-refractivity contribution is 0.417. The van der Waals surface area contributed by atoms with Crippen molar-refractivity contribution in [1.29, 1.82) is 0 Å². The fourth-order valence-corrected chi connectivity index (χ4v) is 2.26. The van der Waals surface area contributed by atoms with Crippen LogP contribution in [0.3, 0.4) is 0 Å². The summed E-state index contributed by atoms with van der Waals surface area (Å²) in [7, 11) is 1.64. The molecule has 0 amide bonds. The third-order valence-corrected chi connectivity index (χ3v) is 3.29. The molecule has 0 bridgehead atoms. The second kappa shape index (κ2) is 7.09. The van der Waals surface area contributed by atoms with Gasteiger partial charge in [0.05, 0.1) is 12.8 Å². The lowest BCUT2D eigenvalue weighted by atomic mass is 9.99. The highest BCUT2D eigenvalue weighted by atomic mass is 32.1. The minimum atomic E-state index is 0.488. The molecule has 1 fully saturated rings. The molecule has 0 aromatic heterocycles. The fourth-order valence-electron chi connectivity index (χ4n) is 2.10. The summed E-state index contributed by atoms with van der Waals surface area (Å²) in [5.41, 5.74) is 4.95. The molecule has 0 spiro atoms. The van der Waals surface area contributed by atoms with Crippen molar-refractivity contribution in [2.24, 2.45) is 5.10 Å². The molecule has 1 aliphatic rings. The molecule has 102 valence electrons. The molecule has 5 heteroatoms. The van der Waals surface area contributed by atoms with E-state index in [4.69, 9.17) is 17.0 Å². The van der Waals surface area contributed by atoms with Crippen LogP contribution in [0.2, 0.25) is 0 Å². The molecule has 4 nitrogen and oxygen atoms in total. The SMILES string of the molecule is COc1ccccc1NC(=S)NN=C1CCCCC1. The Kier molecular flexibility index (Phi) is 5.15. The van der Waals surface area contributed by atoms with Crippen LogP contribution in [0.4, 0.5) is 5.69 Å². The minimum Gasteiger partial charge on any atom is -0.495 e. The van der Waals surface area contributed by atoms with Crippen molar-refractivity contribution in [2.75, 3.05) is 12.4 Å². The highest BCUT2D eigenvalue weighted by Gasteiger charge is 2.07. The van der Waals surface area contributed by atoms with Crippen molar-refractivity contribution in [3.05, 3.63) is 24.3 Å². The topological polar surface area (TPSA) is 45.6 Å². The lowest BCUT2D eigenvalue weighted by Crippen LogP contribution is -2.25. The number of rotatable bonds is 3. The van der Waals surface area contributed by atoms with Gasteiger partial charge in [0, 0.05) is 5.71 Å². The molecule has 0 heterocycles. The highest BCUT2D eigenvalue weighted by molar-refractivity contribution is 7.80. The van der Waals surface area contributed by atoms with Gasteiger partial charge < -0.3 is 10.1 Å². The molecule has 0 saturated heterocycles. The molecule has 0 aliphatic heterocycles. The average Bonchev–Trinajstić information content (AvgIpc) is 2.47. The molecule has 19 heavy (non-hydrogen) atoms. The Bertz CT molecular complexity index is 466. The van der Waals surface area contributed by atoms with Crippen LogP contribution in [-0.2, 0) is 0 Å². The van der Waals surface area contributed by atoms with Gasteiger partial charge in [-0.2, -0.15) is 5.10 Å². The first-order valence-corrected chi connectivity index (χ1v) is 6.96. The first-order chi connectivity index (χ1) is 9.29. The highest BCUT2D eigenvalue weighted by Crippen LogP contribution is 2.22. The summed E-state index contributed by atoms with van der Waals surface area (Å²) in [5.74, 6) is 0.761. The quantitative estimate of drug-likeness (QED) is 0.657. The van der Waals surface area contributed by atoms with Crippen LogP contribution in [0, 0.1) is 0 Å². The third-order valence-electron chi connectivity index (χ3n) is 3.10. The summed E-state index contributed by atoms with van der Waals surface area (Å²) in [5, 5.41) is 7.93. The van der Waals surface area contributed by atoms with Crippen LogP contribution >= 0.6 is 12.2 Å². The van der Waals surface area contributed by atoms with E-state index in [9.17, 15) is 0 Å². The molecule has 1 aromatic carbocycles. The standard InChI is InChI=1S/C14H19N3OS/c1-18-13-10-6-5-9-12(13)15-14(19)17-16-11-7-3-2-4-8-11/h5-6,9-10H,2-4,7-8H2,1H3,(H2,15,17,19). The average molecular weight is 277 g/mol. The molecule has 0 unspecified atom stereocenters. The molecule has 2 N–H and O–H groups in total. The maximum Gasteiger partial charge on any atom is 0.191 e. The van der Waals surface area contributed by atoms with Crippen molar-refractivity contribution < 1.29 is 4.74 Å². The molecular formula is C14H19N3OS.